The van der Waals surface area contributed by atoms with E-state index >= 15 is 0 Å². The molecule has 2 rings (SSSR count). The van der Waals surface area contributed by atoms with Gasteiger partial charge in [0.15, 0.2) is 0 Å². The standard InChI is InChI=1S/2C9H8ClGeO2.2C6H15NO3.4C4H9.H2O.2Sn/c2*10-8-4-2-1-3-6(8)7(5-11)9(12)13;2*8-4-1-7(2-5-9)3-6-10;4*1-3-4-2;;;/h2*1-4,7H,5H2,(H,12,13);2*8-10H,1-6H2;4*1,3-4H2,2H3;1H2;;. The first-order valence-corrected chi connectivity index (χ1v) is 34.4. The second-order valence-electron chi connectivity index (χ2n) is 14.2. The maximum absolute atomic E-state index is 10.8. The first-order valence-electron chi connectivity index (χ1n) is 22.6. The summed E-state index contributed by atoms with van der Waals surface area (Å²) in [4.78, 5) is 25.2. The quantitative estimate of drug-likeness (QED) is 0.0325. The van der Waals surface area contributed by atoms with Gasteiger partial charge in [-0.05, 0) is 0 Å². The van der Waals surface area contributed by atoms with E-state index in [1.807, 2.05) is 33.0 Å². The number of aliphatic hydroxyl groups excluding tert-OH is 6. The van der Waals surface area contributed by atoms with Crippen LogP contribution in [-0.4, -0.2) is 222 Å². The zero-order valence-electron chi connectivity index (χ0n) is 39.7. The SMILES string of the molecule is CCC[CH2][Sn][CH2]CCC.CCC[CH2][Sn][CH2]CCC.O.O=C(O)C([CH2][Ge])c1ccccc1Cl.O=C(O)C([CH2][Ge])c1ccccc1Cl.OCCN(CCO)CCO.OCCN(CCO)CCO. The number of carbonyl (C=O) groups is 2. The van der Waals surface area contributed by atoms with Crippen molar-refractivity contribution >= 4 is 110 Å². The summed E-state index contributed by atoms with van der Waals surface area (Å²) in [5.41, 5.74) is 1.39. The van der Waals surface area contributed by atoms with E-state index in [1.54, 1.807) is 76.1 Å². The number of nitrogens with zero attached hydrogens (tertiary/aromatic N) is 2. The van der Waals surface area contributed by atoms with Crippen LogP contribution in [0.1, 0.15) is 102 Å². The summed E-state index contributed by atoms with van der Waals surface area (Å²) in [5, 5.41) is 70.9. The third-order valence-corrected chi connectivity index (χ3v) is 19.4. The number of benzene rings is 2. The number of aliphatic hydroxyl groups is 6. The molecule has 0 saturated carbocycles. The predicted octanol–water partition coefficient (Wildman–Crippen LogP) is 6.15. The number of carboxylic acids is 2. The first kappa shape index (κ1) is 74.2. The topological polar surface area (TPSA) is 234 Å². The Hall–Kier alpha value is 0.283. The Bertz CT molecular complexity index is 1170. The normalized spacial score (nSPS) is 11.1. The first-order chi connectivity index (χ1) is 30.8. The van der Waals surface area contributed by atoms with Crippen LogP contribution in [-0.2, 0) is 9.59 Å². The van der Waals surface area contributed by atoms with Gasteiger partial charge in [0.25, 0.3) is 0 Å². The Labute approximate surface area is 440 Å². The van der Waals surface area contributed by atoms with Crippen molar-refractivity contribution in [2.75, 3.05) is 78.9 Å². The summed E-state index contributed by atoms with van der Waals surface area (Å²) in [6, 6.07) is 14.1. The molecule has 0 heterocycles. The van der Waals surface area contributed by atoms with E-state index in [0.717, 1.165) is 0 Å². The average molecular weight is 1290 g/mol. The Kier molecular flexibility index (Phi) is 66.9. The second kappa shape index (κ2) is 58.6. The van der Waals surface area contributed by atoms with Gasteiger partial charge >= 0.3 is 319 Å². The van der Waals surface area contributed by atoms with Crippen molar-refractivity contribution in [3.05, 3.63) is 69.7 Å². The molecule has 0 aliphatic rings. The number of carboxylic acid groups (broad SMARTS) is 2. The monoisotopic (exact) mass is 1300 g/mol. The number of rotatable bonds is 30. The number of halogens is 2. The van der Waals surface area contributed by atoms with Gasteiger partial charge in [-0.2, -0.15) is 0 Å². The molecule has 2 aromatic rings. The van der Waals surface area contributed by atoms with Crippen LogP contribution in [0.25, 0.3) is 0 Å². The van der Waals surface area contributed by atoms with Gasteiger partial charge in [0.1, 0.15) is 0 Å². The summed E-state index contributed by atoms with van der Waals surface area (Å²) in [6.07, 6.45) is 11.7. The van der Waals surface area contributed by atoms with Crippen LogP contribution in [0.5, 0.6) is 0 Å². The minimum Gasteiger partial charge on any atom is -0.395 e. The third-order valence-electron chi connectivity index (χ3n) is 8.89. The van der Waals surface area contributed by atoms with E-state index in [2.05, 4.69) is 27.7 Å². The zero-order chi connectivity index (χ0) is 49.2. The molecule has 374 valence electrons. The zero-order valence-corrected chi connectivity index (χ0v) is 51.1. The van der Waals surface area contributed by atoms with Gasteiger partial charge in [-0.1, -0.05) is 0 Å². The molecule has 2 unspecified atom stereocenters. The smallest absolute Gasteiger partial charge is 0.0558 e. The van der Waals surface area contributed by atoms with E-state index in [0.29, 0.717) is 70.9 Å². The van der Waals surface area contributed by atoms with Crippen LogP contribution in [0.3, 0.4) is 0 Å². The summed E-state index contributed by atoms with van der Waals surface area (Å²) >= 11 is 15.7. The van der Waals surface area contributed by atoms with E-state index in [4.69, 9.17) is 64.1 Å². The predicted molar refractivity (Wildman–Crippen MR) is 274 cm³/mol. The molecule has 2 atom stereocenters. The van der Waals surface area contributed by atoms with Crippen LogP contribution in [0.15, 0.2) is 48.5 Å². The minimum atomic E-state index is -0.824. The molecule has 10 radical (unpaired) electrons. The summed E-state index contributed by atoms with van der Waals surface area (Å²) in [6.45, 7) is 12.7. The molecule has 0 fully saturated rings. The second-order valence-corrected chi connectivity index (χ2v) is 25.3. The largest absolute Gasteiger partial charge is 0.395 e. The number of aliphatic carboxylic acids is 2. The Balaban J connectivity index is -0.000000223. The van der Waals surface area contributed by atoms with Gasteiger partial charge in [-0.25, -0.2) is 0 Å². The van der Waals surface area contributed by atoms with Crippen molar-refractivity contribution in [3.8, 4) is 0 Å². The Morgan fingerprint density at radius 2 is 0.738 bits per heavy atom. The molecule has 65 heavy (non-hydrogen) atoms. The van der Waals surface area contributed by atoms with Crippen LogP contribution >= 0.6 is 23.2 Å². The minimum absolute atomic E-state index is 0. The molecule has 0 aliphatic heterocycles. The molecule has 0 aromatic heterocycles. The summed E-state index contributed by atoms with van der Waals surface area (Å²) in [7, 11) is 0. The van der Waals surface area contributed by atoms with Gasteiger partial charge in [-0.3, -0.25) is 9.80 Å². The molecule has 0 amide bonds. The van der Waals surface area contributed by atoms with Crippen molar-refractivity contribution in [1.29, 1.82) is 0 Å². The van der Waals surface area contributed by atoms with E-state index in [9.17, 15) is 9.59 Å². The van der Waals surface area contributed by atoms with Gasteiger partial charge < -0.3 is 36.1 Å². The van der Waals surface area contributed by atoms with Crippen molar-refractivity contribution in [1.82, 2.24) is 9.80 Å². The maximum atomic E-state index is 10.8. The molecule has 0 bridgehead atoms. The number of hydrogen-bond acceptors (Lipinski definition) is 10. The molecule has 13 nitrogen and oxygen atoms in total. The van der Waals surface area contributed by atoms with Crippen LogP contribution < -0.4 is 0 Å². The summed E-state index contributed by atoms with van der Waals surface area (Å²) < 4.78 is 6.50. The molecule has 0 aliphatic carbocycles. The fourth-order valence-electron chi connectivity index (χ4n) is 5.15. The van der Waals surface area contributed by atoms with E-state index < -0.39 is 23.8 Å². The maximum Gasteiger partial charge on any atom is 0.0558 e. The van der Waals surface area contributed by atoms with Crippen LogP contribution in [0.2, 0.25) is 38.3 Å². The number of hydrogen-bond donors (Lipinski definition) is 8. The van der Waals surface area contributed by atoms with Crippen molar-refractivity contribution < 1.29 is 55.9 Å². The summed E-state index contributed by atoms with van der Waals surface area (Å²) in [5.74, 6) is -2.63. The molecule has 2 aromatic carbocycles. The third kappa shape index (κ3) is 47.7. The van der Waals surface area contributed by atoms with E-state index in [-0.39, 0.29) is 87.4 Å². The van der Waals surface area contributed by atoms with Gasteiger partial charge in [-0.15, -0.1) is 0 Å². The Morgan fingerprint density at radius 3 is 0.908 bits per heavy atom. The van der Waals surface area contributed by atoms with E-state index in [1.165, 1.54) is 51.4 Å². The molecular weight excluding hydrogens is 1210 g/mol. The molecule has 10 N–H and O–H groups in total. The fraction of sp³-hybridized carbons (Fsp3) is 0.696. The Morgan fingerprint density at radius 1 is 0.508 bits per heavy atom. The average Bonchev–Trinajstić information content (AvgIpc) is 3.27. The fourth-order valence-corrected chi connectivity index (χ4v) is 15.7. The molecule has 0 saturated heterocycles. The van der Waals surface area contributed by atoms with Crippen molar-refractivity contribution in [3.63, 3.8) is 0 Å². The molecular formula is C46H84Cl2Ge2N2O11Sn2. The van der Waals surface area contributed by atoms with Crippen molar-refractivity contribution in [2.45, 2.75) is 119 Å². The van der Waals surface area contributed by atoms with Crippen LogP contribution in [0, 0.1) is 0 Å². The van der Waals surface area contributed by atoms with Crippen molar-refractivity contribution in [2.24, 2.45) is 0 Å². The van der Waals surface area contributed by atoms with Gasteiger partial charge in [0.05, 0.1) is 39.6 Å². The van der Waals surface area contributed by atoms with Gasteiger partial charge in [0, 0.05) is 39.3 Å². The van der Waals surface area contributed by atoms with Crippen LogP contribution in [0.4, 0.5) is 0 Å². The molecule has 0 spiro atoms. The number of unbranched alkanes of at least 4 members (excludes halogenated alkanes) is 4. The van der Waals surface area contributed by atoms with Gasteiger partial charge in [0.2, 0.25) is 0 Å². The molecule has 19 heteroatoms.